The minimum Gasteiger partial charge on any atom is -0.378 e. The van der Waals surface area contributed by atoms with Gasteiger partial charge in [-0.1, -0.05) is 0 Å². The zero-order valence-corrected chi connectivity index (χ0v) is 6.31. The third kappa shape index (κ3) is 1.70. The molecule has 1 atom stereocenters. The van der Waals surface area contributed by atoms with E-state index in [9.17, 15) is 0 Å². The molecule has 0 amide bonds. The predicted molar refractivity (Wildman–Crippen MR) is 40.0 cm³/mol. The van der Waals surface area contributed by atoms with Gasteiger partial charge in [-0.25, -0.2) is 0 Å². The van der Waals surface area contributed by atoms with Crippen molar-refractivity contribution in [3.63, 3.8) is 0 Å². The molecule has 1 unspecified atom stereocenters. The Labute approximate surface area is 61.9 Å². The highest BCUT2D eigenvalue weighted by molar-refractivity contribution is 4.76. The standard InChI is InChI=1S/C8H15NO/c1-2-8(1)10-6-7-3-4-9-5-7/h7-9H,1-6H2. The van der Waals surface area contributed by atoms with Gasteiger partial charge in [-0.3, -0.25) is 0 Å². The first-order valence-corrected chi connectivity index (χ1v) is 4.27. The van der Waals surface area contributed by atoms with E-state index >= 15 is 0 Å². The smallest absolute Gasteiger partial charge is 0.0577 e. The van der Waals surface area contributed by atoms with E-state index < -0.39 is 0 Å². The molecule has 2 heteroatoms. The van der Waals surface area contributed by atoms with E-state index in [0.717, 1.165) is 12.5 Å². The fourth-order valence-electron chi connectivity index (χ4n) is 1.36. The lowest BCUT2D eigenvalue weighted by Crippen LogP contribution is -2.14. The first kappa shape index (κ1) is 6.62. The number of nitrogens with one attached hydrogen (secondary N) is 1. The topological polar surface area (TPSA) is 21.3 Å². The summed E-state index contributed by atoms with van der Waals surface area (Å²) in [5.74, 6) is 0.806. The molecule has 0 radical (unpaired) electrons. The largest absolute Gasteiger partial charge is 0.378 e. The maximum Gasteiger partial charge on any atom is 0.0577 e. The van der Waals surface area contributed by atoms with Crippen molar-refractivity contribution in [1.82, 2.24) is 5.32 Å². The fraction of sp³-hybridized carbons (Fsp3) is 1.00. The van der Waals surface area contributed by atoms with Crippen LogP contribution in [-0.2, 0) is 4.74 Å². The van der Waals surface area contributed by atoms with Crippen LogP contribution >= 0.6 is 0 Å². The summed E-state index contributed by atoms with van der Waals surface area (Å²) in [5.41, 5.74) is 0. The summed E-state index contributed by atoms with van der Waals surface area (Å²) < 4.78 is 5.60. The van der Waals surface area contributed by atoms with Gasteiger partial charge in [0.2, 0.25) is 0 Å². The molecule has 1 aliphatic carbocycles. The minimum absolute atomic E-state index is 0.639. The lowest BCUT2D eigenvalue weighted by Gasteiger charge is -2.07. The molecule has 1 saturated heterocycles. The van der Waals surface area contributed by atoms with Crippen LogP contribution in [-0.4, -0.2) is 25.8 Å². The molecule has 1 saturated carbocycles. The van der Waals surface area contributed by atoms with Gasteiger partial charge < -0.3 is 10.1 Å². The van der Waals surface area contributed by atoms with Gasteiger partial charge in [0.15, 0.2) is 0 Å². The second-order valence-electron chi connectivity index (χ2n) is 3.39. The van der Waals surface area contributed by atoms with Gasteiger partial charge in [-0.15, -0.1) is 0 Å². The molecule has 2 nitrogen and oxygen atoms in total. The Morgan fingerprint density at radius 2 is 2.20 bits per heavy atom. The van der Waals surface area contributed by atoms with E-state index in [2.05, 4.69) is 5.32 Å². The van der Waals surface area contributed by atoms with Crippen molar-refractivity contribution < 1.29 is 4.74 Å². The number of ether oxygens (including phenoxy) is 1. The molecule has 0 bridgehead atoms. The van der Waals surface area contributed by atoms with Crippen molar-refractivity contribution in [3.8, 4) is 0 Å². The van der Waals surface area contributed by atoms with E-state index in [0.29, 0.717) is 6.10 Å². The molecular weight excluding hydrogens is 126 g/mol. The van der Waals surface area contributed by atoms with E-state index in [1.54, 1.807) is 0 Å². The Kier molecular flexibility index (Phi) is 1.91. The molecule has 2 rings (SSSR count). The van der Waals surface area contributed by atoms with Gasteiger partial charge in [0.1, 0.15) is 0 Å². The predicted octanol–water partition coefficient (Wildman–Crippen LogP) is 0.775. The third-order valence-electron chi connectivity index (χ3n) is 2.25. The van der Waals surface area contributed by atoms with Gasteiger partial charge in [0, 0.05) is 6.54 Å². The summed E-state index contributed by atoms with van der Waals surface area (Å²) in [6.45, 7) is 3.36. The Morgan fingerprint density at radius 1 is 1.30 bits per heavy atom. The van der Waals surface area contributed by atoms with Crippen molar-refractivity contribution in [2.75, 3.05) is 19.7 Å². The minimum atomic E-state index is 0.639. The van der Waals surface area contributed by atoms with Crippen molar-refractivity contribution >= 4 is 0 Å². The lowest BCUT2D eigenvalue weighted by molar-refractivity contribution is 0.0915. The number of hydrogen-bond acceptors (Lipinski definition) is 2. The van der Waals surface area contributed by atoms with Gasteiger partial charge in [0.25, 0.3) is 0 Å². The summed E-state index contributed by atoms with van der Waals surface area (Å²) in [7, 11) is 0. The highest BCUT2D eigenvalue weighted by Gasteiger charge is 2.24. The Hall–Kier alpha value is -0.0800. The molecule has 58 valence electrons. The average molecular weight is 141 g/mol. The van der Waals surface area contributed by atoms with E-state index in [4.69, 9.17) is 4.74 Å². The molecule has 1 heterocycles. The molecule has 0 spiro atoms. The second kappa shape index (κ2) is 2.89. The van der Waals surface area contributed by atoms with Crippen LogP contribution < -0.4 is 5.32 Å². The van der Waals surface area contributed by atoms with Crippen molar-refractivity contribution in [2.45, 2.75) is 25.4 Å². The van der Waals surface area contributed by atoms with E-state index in [1.165, 1.54) is 32.4 Å². The van der Waals surface area contributed by atoms with Crippen LogP contribution in [0.1, 0.15) is 19.3 Å². The normalized spacial score (nSPS) is 33.0. The van der Waals surface area contributed by atoms with Crippen molar-refractivity contribution in [1.29, 1.82) is 0 Å². The fourth-order valence-corrected chi connectivity index (χ4v) is 1.36. The molecule has 1 aliphatic heterocycles. The van der Waals surface area contributed by atoms with Crippen LogP contribution in [0.2, 0.25) is 0 Å². The SMILES string of the molecule is C1CC(COC2CC2)CN1. The maximum atomic E-state index is 5.60. The second-order valence-corrected chi connectivity index (χ2v) is 3.39. The zero-order chi connectivity index (χ0) is 6.81. The summed E-state index contributed by atoms with van der Waals surface area (Å²) in [6.07, 6.45) is 4.56. The monoisotopic (exact) mass is 141 g/mol. The molecule has 0 aromatic carbocycles. The molecule has 0 aromatic rings. The van der Waals surface area contributed by atoms with Crippen LogP contribution in [0.25, 0.3) is 0 Å². The van der Waals surface area contributed by atoms with Crippen molar-refractivity contribution in [3.05, 3.63) is 0 Å². The third-order valence-corrected chi connectivity index (χ3v) is 2.25. The van der Waals surface area contributed by atoms with Crippen LogP contribution in [0.15, 0.2) is 0 Å². The Morgan fingerprint density at radius 3 is 2.80 bits per heavy atom. The van der Waals surface area contributed by atoms with Gasteiger partial charge in [-0.2, -0.15) is 0 Å². The summed E-state index contributed by atoms with van der Waals surface area (Å²) in [6, 6.07) is 0. The number of hydrogen-bond donors (Lipinski definition) is 1. The highest BCUT2D eigenvalue weighted by atomic mass is 16.5. The Bertz CT molecular complexity index is 106. The first-order chi connectivity index (χ1) is 4.95. The van der Waals surface area contributed by atoms with Gasteiger partial charge in [0.05, 0.1) is 12.7 Å². The maximum absolute atomic E-state index is 5.60. The molecule has 10 heavy (non-hydrogen) atoms. The lowest BCUT2D eigenvalue weighted by atomic mass is 10.1. The molecule has 2 fully saturated rings. The summed E-state index contributed by atoms with van der Waals surface area (Å²) in [5, 5.41) is 3.34. The highest BCUT2D eigenvalue weighted by Crippen LogP contribution is 2.24. The Balaban J connectivity index is 1.59. The summed E-state index contributed by atoms with van der Waals surface area (Å²) >= 11 is 0. The van der Waals surface area contributed by atoms with Crippen LogP contribution in [0.3, 0.4) is 0 Å². The first-order valence-electron chi connectivity index (χ1n) is 4.27. The van der Waals surface area contributed by atoms with Gasteiger partial charge in [-0.05, 0) is 31.7 Å². The summed E-state index contributed by atoms with van der Waals surface area (Å²) in [4.78, 5) is 0. The van der Waals surface area contributed by atoms with Gasteiger partial charge >= 0.3 is 0 Å². The average Bonchev–Trinajstić information content (AvgIpc) is 2.63. The zero-order valence-electron chi connectivity index (χ0n) is 6.31. The van der Waals surface area contributed by atoms with E-state index in [1.807, 2.05) is 0 Å². The van der Waals surface area contributed by atoms with Crippen LogP contribution in [0.4, 0.5) is 0 Å². The van der Waals surface area contributed by atoms with Crippen molar-refractivity contribution in [2.24, 2.45) is 5.92 Å². The molecular formula is C8H15NO. The molecule has 2 aliphatic rings. The van der Waals surface area contributed by atoms with Crippen LogP contribution in [0, 0.1) is 5.92 Å². The molecule has 1 N–H and O–H groups in total. The molecule has 0 aromatic heterocycles. The quantitative estimate of drug-likeness (QED) is 0.627. The van der Waals surface area contributed by atoms with Crippen LogP contribution in [0.5, 0.6) is 0 Å². The number of rotatable bonds is 3. The van der Waals surface area contributed by atoms with E-state index in [-0.39, 0.29) is 0 Å².